The van der Waals surface area contributed by atoms with Gasteiger partial charge in [-0.3, -0.25) is 4.79 Å². The Morgan fingerprint density at radius 2 is 1.17 bits per heavy atom. The number of hydrogen-bond donors (Lipinski definition) is 0. The van der Waals surface area contributed by atoms with Gasteiger partial charge in [0.05, 0.1) is 5.92 Å². The number of rotatable bonds is 16. The first kappa shape index (κ1) is 23.2. The number of carbonyl (C=O) groups is 1. The van der Waals surface area contributed by atoms with Crippen LogP contribution >= 0.6 is 22.6 Å². The normalized spacial score (nSPS) is 12.6. The zero-order valence-corrected chi connectivity index (χ0v) is 17.9. The van der Waals surface area contributed by atoms with Gasteiger partial charge in [-0.25, -0.2) is 0 Å². The molecule has 0 N–H and O–H groups in total. The summed E-state index contributed by atoms with van der Waals surface area (Å²) in [5.74, 6) is -0.0852. The van der Waals surface area contributed by atoms with E-state index in [1.54, 1.807) is 0 Å². The summed E-state index contributed by atoms with van der Waals surface area (Å²) in [6.07, 6.45) is 18.9. The smallest absolute Gasteiger partial charge is 0.309 e. The summed E-state index contributed by atoms with van der Waals surface area (Å²) >= 11 is 2.24. The van der Waals surface area contributed by atoms with Crippen LogP contribution in [0.1, 0.15) is 111 Å². The van der Waals surface area contributed by atoms with Crippen molar-refractivity contribution in [2.75, 3.05) is 0 Å². The molecular weight excluding hydrogens is 399 g/mol. The van der Waals surface area contributed by atoms with E-state index in [4.69, 9.17) is 4.74 Å². The summed E-state index contributed by atoms with van der Waals surface area (Å²) in [5, 5.41) is 0. The molecule has 0 saturated heterocycles. The number of hydrogen-bond acceptors (Lipinski definition) is 2. The van der Waals surface area contributed by atoms with Crippen molar-refractivity contribution in [2.45, 2.75) is 115 Å². The van der Waals surface area contributed by atoms with E-state index in [-0.39, 0.29) is 16.0 Å². The lowest BCUT2D eigenvalue weighted by Gasteiger charge is -2.13. The molecule has 1 unspecified atom stereocenters. The third-order valence-corrected chi connectivity index (χ3v) is 5.13. The van der Waals surface area contributed by atoms with Gasteiger partial charge in [0.2, 0.25) is 0 Å². The SMILES string of the molecule is CCCCCCCCCCCCCCCC(I)OC(=O)C(C)C. The first-order valence-corrected chi connectivity index (χ1v) is 11.2. The number of esters is 1. The first-order chi connectivity index (χ1) is 11.1. The molecule has 0 bridgehead atoms. The van der Waals surface area contributed by atoms with Crippen LogP contribution < -0.4 is 0 Å². The topological polar surface area (TPSA) is 26.3 Å². The van der Waals surface area contributed by atoms with Crippen LogP contribution in [0.4, 0.5) is 0 Å². The monoisotopic (exact) mass is 438 g/mol. The molecule has 2 nitrogen and oxygen atoms in total. The van der Waals surface area contributed by atoms with Crippen LogP contribution in [-0.4, -0.2) is 10.1 Å². The molecule has 0 amide bonds. The van der Waals surface area contributed by atoms with Gasteiger partial charge < -0.3 is 4.74 Å². The number of alkyl halides is 1. The highest BCUT2D eigenvalue weighted by atomic mass is 127. The minimum atomic E-state index is -0.0703. The van der Waals surface area contributed by atoms with E-state index >= 15 is 0 Å². The Bertz CT molecular complexity index is 266. The van der Waals surface area contributed by atoms with E-state index in [0.717, 1.165) is 6.42 Å². The fourth-order valence-corrected chi connectivity index (χ4v) is 3.33. The molecule has 1 atom stereocenters. The Labute approximate surface area is 158 Å². The van der Waals surface area contributed by atoms with Gasteiger partial charge in [-0.2, -0.15) is 0 Å². The van der Waals surface area contributed by atoms with Gasteiger partial charge in [0.25, 0.3) is 0 Å². The van der Waals surface area contributed by atoms with Gasteiger partial charge >= 0.3 is 5.97 Å². The molecule has 0 heterocycles. The number of carbonyl (C=O) groups excluding carboxylic acids is 1. The van der Waals surface area contributed by atoms with Gasteiger partial charge in [-0.05, 0) is 35.4 Å². The van der Waals surface area contributed by atoms with Crippen LogP contribution in [0.5, 0.6) is 0 Å². The first-order valence-electron chi connectivity index (χ1n) is 9.92. The minimum absolute atomic E-state index is 0.0149. The lowest BCUT2D eigenvalue weighted by atomic mass is 10.0. The molecule has 3 heteroatoms. The minimum Gasteiger partial charge on any atom is -0.451 e. The van der Waals surface area contributed by atoms with E-state index in [2.05, 4.69) is 29.5 Å². The summed E-state index contributed by atoms with van der Waals surface area (Å²) in [4.78, 5) is 11.5. The van der Waals surface area contributed by atoms with Crippen molar-refractivity contribution in [1.29, 1.82) is 0 Å². The van der Waals surface area contributed by atoms with Crippen LogP contribution in [0, 0.1) is 5.92 Å². The number of unbranched alkanes of at least 4 members (excludes halogenated alkanes) is 12. The second-order valence-corrected chi connectivity index (χ2v) is 8.42. The molecule has 0 fully saturated rings. The molecule has 0 rings (SSSR count). The van der Waals surface area contributed by atoms with Crippen molar-refractivity contribution in [3.05, 3.63) is 0 Å². The Morgan fingerprint density at radius 1 is 0.783 bits per heavy atom. The van der Waals surface area contributed by atoms with Crippen LogP contribution in [0.25, 0.3) is 0 Å². The molecule has 0 aromatic rings. The van der Waals surface area contributed by atoms with E-state index in [9.17, 15) is 4.79 Å². The van der Waals surface area contributed by atoms with E-state index in [1.807, 2.05) is 13.8 Å². The average Bonchev–Trinajstić information content (AvgIpc) is 2.51. The molecule has 0 radical (unpaired) electrons. The van der Waals surface area contributed by atoms with Crippen LogP contribution in [0.3, 0.4) is 0 Å². The summed E-state index contributed by atoms with van der Waals surface area (Å²) in [6, 6.07) is 0. The van der Waals surface area contributed by atoms with Gasteiger partial charge in [-0.1, -0.05) is 97.8 Å². The fraction of sp³-hybridized carbons (Fsp3) is 0.950. The van der Waals surface area contributed by atoms with Crippen LogP contribution in [-0.2, 0) is 9.53 Å². The highest BCUT2D eigenvalue weighted by Gasteiger charge is 2.13. The molecule has 0 spiro atoms. The molecule has 23 heavy (non-hydrogen) atoms. The predicted molar refractivity (Wildman–Crippen MR) is 109 cm³/mol. The summed E-state index contributed by atoms with van der Waals surface area (Å²) in [6.45, 7) is 6.05. The maximum atomic E-state index is 11.5. The zero-order valence-electron chi connectivity index (χ0n) is 15.7. The van der Waals surface area contributed by atoms with Gasteiger partial charge in [0.1, 0.15) is 0 Å². The van der Waals surface area contributed by atoms with Crippen molar-refractivity contribution in [1.82, 2.24) is 0 Å². The molecule has 0 aromatic heterocycles. The molecule has 138 valence electrons. The maximum absolute atomic E-state index is 11.5. The van der Waals surface area contributed by atoms with Crippen molar-refractivity contribution >= 4 is 28.6 Å². The van der Waals surface area contributed by atoms with Crippen molar-refractivity contribution in [2.24, 2.45) is 5.92 Å². The second-order valence-electron chi connectivity index (χ2n) is 7.03. The lowest BCUT2D eigenvalue weighted by molar-refractivity contribution is -0.148. The number of halogens is 1. The second kappa shape index (κ2) is 17.0. The van der Waals surface area contributed by atoms with Crippen molar-refractivity contribution in [3.63, 3.8) is 0 Å². The molecule has 0 saturated carbocycles. The van der Waals surface area contributed by atoms with Crippen molar-refractivity contribution in [3.8, 4) is 0 Å². The van der Waals surface area contributed by atoms with E-state index in [1.165, 1.54) is 83.5 Å². The summed E-state index contributed by atoms with van der Waals surface area (Å²) < 4.78 is 5.42. The number of ether oxygens (including phenoxy) is 1. The zero-order chi connectivity index (χ0) is 17.3. The maximum Gasteiger partial charge on any atom is 0.309 e. The third-order valence-electron chi connectivity index (χ3n) is 4.25. The Morgan fingerprint density at radius 3 is 1.57 bits per heavy atom. The highest BCUT2D eigenvalue weighted by Crippen LogP contribution is 2.17. The highest BCUT2D eigenvalue weighted by molar-refractivity contribution is 14.1. The third kappa shape index (κ3) is 16.8. The van der Waals surface area contributed by atoms with Crippen LogP contribution in [0.15, 0.2) is 0 Å². The predicted octanol–water partition coefficient (Wildman–Crippen LogP) is 7.43. The Balaban J connectivity index is 3.20. The van der Waals surface area contributed by atoms with Gasteiger partial charge in [0.15, 0.2) is 4.11 Å². The average molecular weight is 438 g/mol. The molecule has 0 aromatic carbocycles. The molecule has 0 aliphatic rings. The van der Waals surface area contributed by atoms with Gasteiger partial charge in [0, 0.05) is 0 Å². The van der Waals surface area contributed by atoms with E-state index < -0.39 is 0 Å². The fourth-order valence-electron chi connectivity index (χ4n) is 2.64. The summed E-state index contributed by atoms with van der Waals surface area (Å²) in [5.41, 5.74) is 0. The molecular formula is C20H39IO2. The van der Waals surface area contributed by atoms with Crippen molar-refractivity contribution < 1.29 is 9.53 Å². The Kier molecular flexibility index (Phi) is 17.2. The summed E-state index contributed by atoms with van der Waals surface area (Å²) in [7, 11) is 0. The van der Waals surface area contributed by atoms with E-state index in [0.29, 0.717) is 0 Å². The Hall–Kier alpha value is 0.200. The largest absolute Gasteiger partial charge is 0.451 e. The van der Waals surface area contributed by atoms with Gasteiger partial charge in [-0.15, -0.1) is 0 Å². The molecule has 0 aliphatic heterocycles. The van der Waals surface area contributed by atoms with Crippen LogP contribution in [0.2, 0.25) is 0 Å². The standard InChI is InChI=1S/C20H39IO2/c1-4-5-6-7-8-9-10-11-12-13-14-15-16-17-19(21)23-20(22)18(2)3/h18-19H,4-17H2,1-3H3. The lowest BCUT2D eigenvalue weighted by Crippen LogP contribution is -2.16. The molecule has 0 aliphatic carbocycles. The quantitative estimate of drug-likeness (QED) is 0.108.